The topological polar surface area (TPSA) is 43.4 Å². The van der Waals surface area contributed by atoms with Gasteiger partial charge in [0.2, 0.25) is 0 Å². The van der Waals surface area contributed by atoms with Crippen LogP contribution in [0.15, 0.2) is 11.6 Å². The molecule has 0 aromatic carbocycles. The minimum atomic E-state index is -0.571. The molecule has 0 aromatic heterocycles. The van der Waals surface area contributed by atoms with E-state index in [4.69, 9.17) is 0 Å². The smallest absolute Gasteiger partial charge is 0.145 e. The maximum atomic E-state index is 11.8. The molecule has 0 fully saturated rings. The van der Waals surface area contributed by atoms with E-state index in [1.807, 2.05) is 27.7 Å². The first-order chi connectivity index (χ1) is 5.79. The number of aldehydes is 1. The lowest BCUT2D eigenvalue weighted by Gasteiger charge is -2.56. The summed E-state index contributed by atoms with van der Waals surface area (Å²) in [5.41, 5.74) is -0.325. The number of rotatable bonds is 1. The fourth-order valence-electron chi connectivity index (χ4n) is 1.99. The Balaban J connectivity index is 3.08. The fraction of sp³-hybridized carbons (Fsp3) is 0.700. The van der Waals surface area contributed by atoms with Crippen LogP contribution in [0.1, 0.15) is 34.1 Å². The second-order valence-corrected chi connectivity index (χ2v) is 4.77. The number of nitrogens with zero attached hydrogens (tertiary/aromatic N) is 1. The van der Waals surface area contributed by atoms with Crippen molar-refractivity contribution >= 4 is 6.29 Å². The quantitative estimate of drug-likeness (QED) is 0.581. The van der Waals surface area contributed by atoms with Crippen LogP contribution in [0.5, 0.6) is 0 Å². The van der Waals surface area contributed by atoms with Gasteiger partial charge < -0.3 is 10.3 Å². The predicted octanol–water partition coefficient (Wildman–Crippen LogP) is 1.87. The van der Waals surface area contributed by atoms with E-state index in [0.717, 1.165) is 16.9 Å². The molecular weight excluding hydrogens is 166 g/mol. The molecule has 0 N–H and O–H groups in total. The molecule has 0 unspecified atom stereocenters. The molecule has 0 aromatic rings. The molecule has 0 saturated carbocycles. The summed E-state index contributed by atoms with van der Waals surface area (Å²) in [5.74, 6) is 0. The highest BCUT2D eigenvalue weighted by molar-refractivity contribution is 5.74. The van der Waals surface area contributed by atoms with E-state index in [-0.39, 0.29) is 0 Å². The molecule has 0 atom stereocenters. The highest BCUT2D eigenvalue weighted by Crippen LogP contribution is 2.35. The van der Waals surface area contributed by atoms with Gasteiger partial charge in [-0.15, -0.1) is 0 Å². The van der Waals surface area contributed by atoms with E-state index >= 15 is 0 Å². The third-order valence-corrected chi connectivity index (χ3v) is 2.40. The molecule has 1 rings (SSSR count). The van der Waals surface area contributed by atoms with Gasteiger partial charge in [-0.2, -0.15) is 0 Å². The molecule has 0 bridgehead atoms. The Bertz CT molecular complexity index is 254. The first kappa shape index (κ1) is 10.4. The van der Waals surface area contributed by atoms with Gasteiger partial charge in [0.15, 0.2) is 0 Å². The number of hydrogen-bond acceptors (Lipinski definition) is 3. The maximum Gasteiger partial charge on any atom is 0.145 e. The van der Waals surface area contributed by atoms with Crippen molar-refractivity contribution in [2.75, 3.05) is 0 Å². The lowest BCUT2D eigenvalue weighted by atomic mass is 9.83. The fourth-order valence-corrected chi connectivity index (χ4v) is 1.99. The van der Waals surface area contributed by atoms with Gasteiger partial charge >= 0.3 is 0 Å². The van der Waals surface area contributed by atoms with Gasteiger partial charge in [0.25, 0.3) is 0 Å². The Morgan fingerprint density at radius 3 is 2.38 bits per heavy atom. The molecule has 0 saturated heterocycles. The molecule has 0 aliphatic carbocycles. The molecule has 3 nitrogen and oxygen atoms in total. The Morgan fingerprint density at radius 1 is 1.46 bits per heavy atom. The number of carbonyl (C=O) groups is 1. The van der Waals surface area contributed by atoms with E-state index in [2.05, 4.69) is 0 Å². The Kier molecular flexibility index (Phi) is 2.34. The first-order valence-corrected chi connectivity index (χ1v) is 4.44. The van der Waals surface area contributed by atoms with Crippen LogP contribution in [0, 0.1) is 5.21 Å². The molecule has 1 aliphatic heterocycles. The van der Waals surface area contributed by atoms with Crippen molar-refractivity contribution in [2.24, 2.45) is 0 Å². The standard InChI is InChI=1S/C10H16NO2/c1-9(2)5-8(7-12)6-10(3,4)11(9)13/h5,7H,6H2,1-4H3/q-1. The minimum Gasteiger partial charge on any atom is -0.784 e. The monoisotopic (exact) mass is 182 g/mol. The van der Waals surface area contributed by atoms with E-state index < -0.39 is 11.1 Å². The van der Waals surface area contributed by atoms with Gasteiger partial charge in [-0.1, -0.05) is 6.08 Å². The molecule has 74 valence electrons. The van der Waals surface area contributed by atoms with Crippen LogP contribution < -0.4 is 0 Å². The van der Waals surface area contributed by atoms with Gasteiger partial charge in [-0.3, -0.25) is 4.79 Å². The van der Waals surface area contributed by atoms with Crippen LogP contribution in [0.4, 0.5) is 0 Å². The molecule has 0 amide bonds. The summed E-state index contributed by atoms with van der Waals surface area (Å²) in [7, 11) is 0. The van der Waals surface area contributed by atoms with Gasteiger partial charge in [0.05, 0.1) is 0 Å². The minimum absolute atomic E-state index is 0.478. The summed E-state index contributed by atoms with van der Waals surface area (Å²) in [6, 6.07) is 0. The van der Waals surface area contributed by atoms with Crippen molar-refractivity contribution in [3.8, 4) is 0 Å². The molecular formula is C10H16NO2-. The largest absolute Gasteiger partial charge is 0.784 e. The van der Waals surface area contributed by atoms with Crippen LogP contribution >= 0.6 is 0 Å². The van der Waals surface area contributed by atoms with Crippen LogP contribution in [0.2, 0.25) is 0 Å². The molecule has 3 heteroatoms. The Hall–Kier alpha value is -0.670. The zero-order chi connectivity index (χ0) is 10.3. The molecule has 0 spiro atoms. The Morgan fingerprint density at radius 2 is 2.00 bits per heavy atom. The normalized spacial score (nSPS) is 26.7. The summed E-state index contributed by atoms with van der Waals surface area (Å²) in [5, 5.41) is 12.8. The summed E-state index contributed by atoms with van der Waals surface area (Å²) in [6.07, 6.45) is 3.12. The van der Waals surface area contributed by atoms with E-state index in [0.29, 0.717) is 6.42 Å². The highest BCUT2D eigenvalue weighted by Gasteiger charge is 2.34. The van der Waals surface area contributed by atoms with Crippen molar-refractivity contribution in [3.63, 3.8) is 0 Å². The number of hydrogen-bond donors (Lipinski definition) is 0. The lowest BCUT2D eigenvalue weighted by molar-refractivity contribution is -0.105. The van der Waals surface area contributed by atoms with Gasteiger partial charge in [-0.25, -0.2) is 0 Å². The van der Waals surface area contributed by atoms with E-state index in [1.54, 1.807) is 6.08 Å². The molecule has 13 heavy (non-hydrogen) atoms. The SMILES string of the molecule is CC1(C)C=C(C=O)CC(C)(C)N1[O-]. The third kappa shape index (κ3) is 1.81. The van der Waals surface area contributed by atoms with Crippen LogP contribution in [-0.4, -0.2) is 22.4 Å². The predicted molar refractivity (Wildman–Crippen MR) is 52.1 cm³/mol. The Labute approximate surface area is 79.0 Å². The van der Waals surface area contributed by atoms with Crippen LogP contribution in [-0.2, 0) is 4.79 Å². The summed E-state index contributed by atoms with van der Waals surface area (Å²) in [4.78, 5) is 10.7. The third-order valence-electron chi connectivity index (χ3n) is 2.40. The second-order valence-electron chi connectivity index (χ2n) is 4.77. The van der Waals surface area contributed by atoms with Gasteiger partial charge in [0, 0.05) is 11.1 Å². The zero-order valence-electron chi connectivity index (χ0n) is 8.63. The number of carbonyl (C=O) groups excluding carboxylic acids is 1. The lowest BCUT2D eigenvalue weighted by Crippen LogP contribution is -2.54. The van der Waals surface area contributed by atoms with Gasteiger partial charge in [0.1, 0.15) is 6.29 Å². The van der Waals surface area contributed by atoms with Crippen molar-refractivity contribution < 1.29 is 4.79 Å². The van der Waals surface area contributed by atoms with E-state index in [1.165, 1.54) is 0 Å². The summed E-state index contributed by atoms with van der Waals surface area (Å²) < 4.78 is 0. The van der Waals surface area contributed by atoms with Crippen molar-refractivity contribution in [3.05, 3.63) is 16.9 Å². The summed E-state index contributed by atoms with van der Waals surface area (Å²) >= 11 is 0. The van der Waals surface area contributed by atoms with Crippen LogP contribution in [0.3, 0.4) is 0 Å². The van der Waals surface area contributed by atoms with Gasteiger partial charge in [-0.05, 0) is 39.7 Å². The van der Waals surface area contributed by atoms with Crippen molar-refractivity contribution in [1.29, 1.82) is 0 Å². The van der Waals surface area contributed by atoms with Crippen LogP contribution in [0.25, 0.3) is 0 Å². The van der Waals surface area contributed by atoms with E-state index in [9.17, 15) is 10.0 Å². The van der Waals surface area contributed by atoms with Crippen molar-refractivity contribution in [1.82, 2.24) is 5.06 Å². The highest BCUT2D eigenvalue weighted by atomic mass is 16.5. The maximum absolute atomic E-state index is 11.8. The number of hydroxylamine groups is 2. The zero-order valence-corrected chi connectivity index (χ0v) is 8.63. The molecule has 0 radical (unpaired) electrons. The molecule has 1 heterocycles. The molecule has 1 aliphatic rings. The average molecular weight is 182 g/mol. The average Bonchev–Trinajstić information content (AvgIpc) is 1.99. The first-order valence-electron chi connectivity index (χ1n) is 4.44. The second kappa shape index (κ2) is 2.93. The summed E-state index contributed by atoms with van der Waals surface area (Å²) in [6.45, 7) is 7.37. The van der Waals surface area contributed by atoms with Crippen molar-refractivity contribution in [2.45, 2.75) is 45.2 Å².